The summed E-state index contributed by atoms with van der Waals surface area (Å²) in [5.41, 5.74) is 8.64. The highest BCUT2D eigenvalue weighted by atomic mass is 15.0. The molecule has 4 atom stereocenters. The first-order valence-corrected chi connectivity index (χ1v) is 6.44. The molecule has 0 bridgehead atoms. The van der Waals surface area contributed by atoms with Crippen LogP contribution in [-0.2, 0) is 0 Å². The number of hydrogen-bond acceptors (Lipinski definition) is 1. The summed E-state index contributed by atoms with van der Waals surface area (Å²) in [6.07, 6.45) is 5.50. The molecule has 0 saturated heterocycles. The van der Waals surface area contributed by atoms with E-state index in [1.807, 2.05) is 0 Å². The van der Waals surface area contributed by atoms with Gasteiger partial charge in [0.15, 0.2) is 0 Å². The van der Waals surface area contributed by atoms with E-state index in [0.29, 0.717) is 10.8 Å². The highest BCUT2D eigenvalue weighted by molar-refractivity contribution is 5.41. The third-order valence-electron chi connectivity index (χ3n) is 6.53. The third-order valence-corrected chi connectivity index (χ3v) is 6.53. The second-order valence-electron chi connectivity index (χ2n) is 6.36. The highest BCUT2D eigenvalue weighted by Crippen LogP contribution is 2.96. The van der Waals surface area contributed by atoms with Crippen LogP contribution in [0, 0.1) is 28.1 Å². The van der Waals surface area contributed by atoms with Crippen molar-refractivity contribution in [2.75, 3.05) is 0 Å². The van der Waals surface area contributed by atoms with E-state index >= 15 is 0 Å². The van der Waals surface area contributed by atoms with E-state index < -0.39 is 0 Å². The van der Waals surface area contributed by atoms with Gasteiger partial charge in [-0.2, -0.15) is 0 Å². The van der Waals surface area contributed by atoms with Crippen LogP contribution in [0.1, 0.15) is 46.5 Å². The highest BCUT2D eigenvalue weighted by Gasteiger charge is 2.91. The molecule has 0 aromatic rings. The Morgan fingerprint density at radius 2 is 1.87 bits per heavy atom. The van der Waals surface area contributed by atoms with Gasteiger partial charge in [0.05, 0.1) is 0 Å². The number of nitrogens with two attached hydrogens (primary N) is 1. The minimum atomic E-state index is 0.276. The summed E-state index contributed by atoms with van der Waals surface area (Å²) >= 11 is 0. The van der Waals surface area contributed by atoms with Gasteiger partial charge in [0.2, 0.25) is 0 Å². The fourth-order valence-corrected chi connectivity index (χ4v) is 5.50. The molecule has 84 valence electrons. The second-order valence-corrected chi connectivity index (χ2v) is 6.36. The second kappa shape index (κ2) is 2.28. The van der Waals surface area contributed by atoms with Crippen LogP contribution < -0.4 is 5.73 Å². The van der Waals surface area contributed by atoms with Crippen LogP contribution in [0.2, 0.25) is 0 Å². The summed E-state index contributed by atoms with van der Waals surface area (Å²) in [6.45, 7) is 11.1. The predicted octanol–water partition coefficient (Wildman–Crippen LogP) is 3.31. The summed E-state index contributed by atoms with van der Waals surface area (Å²) in [4.78, 5) is 0. The Balaban J connectivity index is 1.91. The number of hydrogen-bond donors (Lipinski definition) is 1. The molecule has 3 saturated carbocycles. The average molecular weight is 205 g/mol. The van der Waals surface area contributed by atoms with Gasteiger partial charge in [0, 0.05) is 11.1 Å². The zero-order valence-electron chi connectivity index (χ0n) is 10.3. The van der Waals surface area contributed by atoms with E-state index in [1.54, 1.807) is 0 Å². The molecule has 0 aromatic carbocycles. The summed E-state index contributed by atoms with van der Waals surface area (Å²) in [7, 11) is 0. The van der Waals surface area contributed by atoms with Crippen LogP contribution in [0.4, 0.5) is 0 Å². The van der Waals surface area contributed by atoms with E-state index in [4.69, 9.17) is 5.73 Å². The van der Waals surface area contributed by atoms with Crippen LogP contribution >= 0.6 is 0 Å². The maximum absolute atomic E-state index is 6.01. The molecule has 0 aliphatic heterocycles. The molecule has 3 aliphatic carbocycles. The molecule has 1 spiro atoms. The Morgan fingerprint density at radius 1 is 1.27 bits per heavy atom. The van der Waals surface area contributed by atoms with Crippen LogP contribution in [0.3, 0.4) is 0 Å². The van der Waals surface area contributed by atoms with Gasteiger partial charge in [-0.05, 0) is 48.3 Å². The molecule has 0 amide bonds. The van der Waals surface area contributed by atoms with Gasteiger partial charge in [-0.3, -0.25) is 0 Å². The molecular formula is C14H23N. The molecule has 3 fully saturated rings. The van der Waals surface area contributed by atoms with Crippen molar-refractivity contribution < 1.29 is 0 Å². The zero-order valence-corrected chi connectivity index (χ0v) is 10.3. The molecule has 1 nitrogen and oxygen atoms in total. The van der Waals surface area contributed by atoms with Crippen molar-refractivity contribution in [3.05, 3.63) is 12.3 Å². The van der Waals surface area contributed by atoms with Crippen molar-refractivity contribution >= 4 is 0 Å². The van der Waals surface area contributed by atoms with Gasteiger partial charge in [-0.15, -0.1) is 0 Å². The van der Waals surface area contributed by atoms with E-state index in [1.165, 1.54) is 25.7 Å². The minimum absolute atomic E-state index is 0.276. The maximum atomic E-state index is 6.01. The Hall–Kier alpha value is -0.460. The van der Waals surface area contributed by atoms with Crippen LogP contribution in [0.15, 0.2) is 12.3 Å². The lowest BCUT2D eigenvalue weighted by Crippen LogP contribution is -2.28. The van der Waals surface area contributed by atoms with Crippen molar-refractivity contribution in [1.29, 1.82) is 0 Å². The first-order valence-electron chi connectivity index (χ1n) is 6.44. The fraction of sp³-hybridized carbons (Fsp3) is 0.857. The van der Waals surface area contributed by atoms with Gasteiger partial charge in [-0.1, -0.05) is 27.4 Å². The predicted molar refractivity (Wildman–Crippen MR) is 63.1 cm³/mol. The smallest absolute Gasteiger partial charge is 0.0101 e. The van der Waals surface area contributed by atoms with E-state index in [0.717, 1.165) is 17.5 Å². The molecule has 0 radical (unpaired) electrons. The van der Waals surface area contributed by atoms with E-state index in [9.17, 15) is 0 Å². The van der Waals surface area contributed by atoms with Gasteiger partial charge >= 0.3 is 0 Å². The van der Waals surface area contributed by atoms with Crippen LogP contribution in [0.25, 0.3) is 0 Å². The van der Waals surface area contributed by atoms with Gasteiger partial charge in [0.1, 0.15) is 0 Å². The van der Waals surface area contributed by atoms with Crippen LogP contribution in [-0.4, -0.2) is 0 Å². The van der Waals surface area contributed by atoms with Crippen molar-refractivity contribution in [2.24, 2.45) is 33.8 Å². The third kappa shape index (κ3) is 0.706. The largest absolute Gasteiger partial charge is 0.402 e. The number of allylic oxidation sites excluding steroid dienone is 1. The number of rotatable bonds is 3. The maximum Gasteiger partial charge on any atom is 0.0101 e. The minimum Gasteiger partial charge on any atom is -0.402 e. The molecule has 0 heterocycles. The van der Waals surface area contributed by atoms with Gasteiger partial charge < -0.3 is 5.73 Å². The quantitative estimate of drug-likeness (QED) is 0.751. The van der Waals surface area contributed by atoms with E-state index in [-0.39, 0.29) is 5.41 Å². The summed E-state index contributed by atoms with van der Waals surface area (Å²) in [6, 6.07) is 0. The Kier molecular flexibility index (Phi) is 1.48. The first-order chi connectivity index (χ1) is 6.99. The van der Waals surface area contributed by atoms with Crippen molar-refractivity contribution in [2.45, 2.75) is 46.5 Å². The molecule has 1 heteroatoms. The van der Waals surface area contributed by atoms with Crippen molar-refractivity contribution in [3.8, 4) is 0 Å². The summed E-state index contributed by atoms with van der Waals surface area (Å²) < 4.78 is 0. The van der Waals surface area contributed by atoms with Crippen molar-refractivity contribution in [1.82, 2.24) is 0 Å². The van der Waals surface area contributed by atoms with Crippen LogP contribution in [0.5, 0.6) is 0 Å². The molecule has 3 rings (SSSR count). The molecule has 3 aliphatic rings. The molecule has 15 heavy (non-hydrogen) atoms. The Bertz CT molecular complexity index is 341. The molecule has 4 unspecified atom stereocenters. The van der Waals surface area contributed by atoms with Gasteiger partial charge in [0.25, 0.3) is 0 Å². The van der Waals surface area contributed by atoms with Gasteiger partial charge in [-0.25, -0.2) is 0 Å². The van der Waals surface area contributed by atoms with E-state index in [2.05, 4.69) is 27.4 Å². The fourth-order valence-electron chi connectivity index (χ4n) is 5.50. The lowest BCUT2D eigenvalue weighted by molar-refractivity contribution is 0.244. The lowest BCUT2D eigenvalue weighted by Gasteiger charge is -2.31. The SMILES string of the molecule is C=C(N)C1(C)CC2C(CC)(CC)C23CC13. The van der Waals surface area contributed by atoms with Crippen molar-refractivity contribution in [3.63, 3.8) is 0 Å². The Morgan fingerprint density at radius 3 is 2.20 bits per heavy atom. The molecule has 2 N–H and O–H groups in total. The monoisotopic (exact) mass is 205 g/mol. The summed E-state index contributed by atoms with van der Waals surface area (Å²) in [5.74, 6) is 1.84. The zero-order chi connectivity index (χ0) is 11.1. The lowest BCUT2D eigenvalue weighted by atomic mass is 9.75. The standard InChI is InChI=1S/C14H23N/c1-5-13(6-2)11-7-12(4,9(3)15)10-8-14(10,11)13/h10-11H,3,5-8,15H2,1-2,4H3. The molecular weight excluding hydrogens is 182 g/mol. The molecule has 0 aromatic heterocycles. The summed E-state index contributed by atoms with van der Waals surface area (Å²) in [5, 5.41) is 0. The normalized spacial score (nSPS) is 53.3. The Labute approximate surface area is 93.1 Å². The topological polar surface area (TPSA) is 26.0 Å². The first kappa shape index (κ1) is 9.74. The average Bonchev–Trinajstić information content (AvgIpc) is 3.04.